The lowest BCUT2D eigenvalue weighted by atomic mass is 9.83. The van der Waals surface area contributed by atoms with Gasteiger partial charge in [-0.05, 0) is 54.4 Å². The van der Waals surface area contributed by atoms with Crippen molar-refractivity contribution in [2.75, 3.05) is 20.3 Å². The number of nitrogens with zero attached hydrogens (tertiary/aromatic N) is 1. The van der Waals surface area contributed by atoms with E-state index in [-0.39, 0.29) is 23.8 Å². The average molecular weight is 535 g/mol. The van der Waals surface area contributed by atoms with Crippen LogP contribution in [0, 0.1) is 11.3 Å². The van der Waals surface area contributed by atoms with Gasteiger partial charge in [0.05, 0.1) is 19.6 Å². The normalized spacial score (nSPS) is 14.1. The minimum absolute atomic E-state index is 0.0261. The SMILES string of the molecule is CCCCOc1ccc(C2C(C#N)=C(N)Oc3cc(OC(=O)COc4ccc(Cl)cc4)ccc32)cc1OC. The van der Waals surface area contributed by atoms with Crippen LogP contribution in [0.1, 0.15) is 36.8 Å². The summed E-state index contributed by atoms with van der Waals surface area (Å²) < 4.78 is 28.0. The second kappa shape index (κ2) is 12.3. The molecule has 9 heteroatoms. The summed E-state index contributed by atoms with van der Waals surface area (Å²) in [5, 5.41) is 10.4. The van der Waals surface area contributed by atoms with E-state index in [2.05, 4.69) is 13.0 Å². The topological polar surface area (TPSA) is 113 Å². The number of halogens is 1. The molecule has 8 nitrogen and oxygen atoms in total. The summed E-state index contributed by atoms with van der Waals surface area (Å²) in [6.07, 6.45) is 1.94. The number of unbranched alkanes of at least 4 members (excludes halogenated alkanes) is 1. The summed E-state index contributed by atoms with van der Waals surface area (Å²) in [5.41, 5.74) is 7.86. The number of carbonyl (C=O) groups is 1. The maximum atomic E-state index is 12.3. The summed E-state index contributed by atoms with van der Waals surface area (Å²) in [7, 11) is 1.57. The lowest BCUT2D eigenvalue weighted by Crippen LogP contribution is -2.22. The predicted molar refractivity (Wildman–Crippen MR) is 142 cm³/mol. The molecule has 1 atom stereocenters. The molecule has 1 aliphatic heterocycles. The summed E-state index contributed by atoms with van der Waals surface area (Å²) in [6, 6.07) is 19.3. The Bertz CT molecular complexity index is 1380. The number of methoxy groups -OCH3 is 1. The van der Waals surface area contributed by atoms with Gasteiger partial charge in [-0.15, -0.1) is 0 Å². The Morgan fingerprint density at radius 2 is 1.82 bits per heavy atom. The van der Waals surface area contributed by atoms with E-state index in [1.165, 1.54) is 0 Å². The third-order valence-electron chi connectivity index (χ3n) is 5.87. The highest BCUT2D eigenvalue weighted by Gasteiger charge is 2.31. The smallest absolute Gasteiger partial charge is 0.349 e. The van der Waals surface area contributed by atoms with Crippen molar-refractivity contribution in [1.82, 2.24) is 0 Å². The first-order chi connectivity index (χ1) is 18.4. The fourth-order valence-corrected chi connectivity index (χ4v) is 4.11. The first kappa shape index (κ1) is 26.7. The third kappa shape index (κ3) is 6.13. The minimum atomic E-state index is -0.600. The highest BCUT2D eigenvalue weighted by molar-refractivity contribution is 6.30. The van der Waals surface area contributed by atoms with Gasteiger partial charge in [-0.2, -0.15) is 5.26 Å². The summed E-state index contributed by atoms with van der Waals surface area (Å²) in [5.74, 6) is 1.14. The Morgan fingerprint density at radius 3 is 2.53 bits per heavy atom. The molecule has 196 valence electrons. The number of allylic oxidation sites excluding steroid dienone is 1. The zero-order chi connectivity index (χ0) is 27.1. The second-order valence-corrected chi connectivity index (χ2v) is 8.89. The number of carbonyl (C=O) groups excluding carboxylic acids is 1. The minimum Gasteiger partial charge on any atom is -0.493 e. The van der Waals surface area contributed by atoms with Gasteiger partial charge >= 0.3 is 5.97 Å². The standard InChI is InChI=1S/C29H27ClN2O6/c1-3-4-13-35-24-12-5-18(14-26(24)34-2)28-22-11-10-21(15-25(22)38-29(32)23(28)16-31)37-27(33)17-36-20-8-6-19(30)7-9-20/h5-12,14-15,28H,3-4,13,17,32H2,1-2H3. The monoisotopic (exact) mass is 534 g/mol. The number of nitrogens with two attached hydrogens (primary N) is 1. The quantitative estimate of drug-likeness (QED) is 0.199. The zero-order valence-electron chi connectivity index (χ0n) is 21.0. The molecule has 1 heterocycles. The van der Waals surface area contributed by atoms with Gasteiger partial charge in [-0.1, -0.05) is 37.1 Å². The van der Waals surface area contributed by atoms with Crippen molar-refractivity contribution in [3.05, 3.63) is 88.3 Å². The van der Waals surface area contributed by atoms with Crippen LogP contribution in [-0.2, 0) is 4.79 Å². The Morgan fingerprint density at radius 1 is 1.05 bits per heavy atom. The number of hydrogen-bond acceptors (Lipinski definition) is 8. The molecule has 0 aliphatic carbocycles. The van der Waals surface area contributed by atoms with Crippen LogP contribution in [0.2, 0.25) is 5.02 Å². The Balaban J connectivity index is 1.55. The van der Waals surface area contributed by atoms with Crippen LogP contribution in [-0.4, -0.2) is 26.3 Å². The lowest BCUT2D eigenvalue weighted by molar-refractivity contribution is -0.136. The van der Waals surface area contributed by atoms with Gasteiger partial charge in [0, 0.05) is 16.7 Å². The molecule has 4 rings (SSSR count). The molecular weight excluding hydrogens is 508 g/mol. The van der Waals surface area contributed by atoms with Gasteiger partial charge in [0.1, 0.15) is 28.9 Å². The summed E-state index contributed by atoms with van der Waals surface area (Å²) in [6.45, 7) is 2.37. The maximum absolute atomic E-state index is 12.3. The molecule has 38 heavy (non-hydrogen) atoms. The highest BCUT2D eigenvalue weighted by atomic mass is 35.5. The van der Waals surface area contributed by atoms with Crippen LogP contribution in [0.15, 0.2) is 72.1 Å². The van der Waals surface area contributed by atoms with Crippen LogP contribution in [0.4, 0.5) is 0 Å². The molecule has 0 saturated carbocycles. The first-order valence-electron chi connectivity index (χ1n) is 12.0. The molecular formula is C29H27ClN2O6. The van der Waals surface area contributed by atoms with Gasteiger partial charge < -0.3 is 29.4 Å². The molecule has 3 aromatic carbocycles. The molecule has 0 spiro atoms. The predicted octanol–water partition coefficient (Wildman–Crippen LogP) is 5.73. The van der Waals surface area contributed by atoms with Gasteiger partial charge in [0.15, 0.2) is 18.1 Å². The van der Waals surface area contributed by atoms with Gasteiger partial charge in [0.25, 0.3) is 0 Å². The molecule has 0 saturated heterocycles. The Labute approximate surface area is 226 Å². The molecule has 2 N–H and O–H groups in total. The van der Waals surface area contributed by atoms with Crippen molar-refractivity contribution in [3.8, 4) is 34.8 Å². The van der Waals surface area contributed by atoms with Crippen LogP contribution in [0.3, 0.4) is 0 Å². The van der Waals surface area contributed by atoms with Crippen LogP contribution < -0.4 is 29.4 Å². The number of benzene rings is 3. The van der Waals surface area contributed by atoms with Crippen LogP contribution in [0.25, 0.3) is 0 Å². The fraction of sp³-hybridized carbons (Fsp3) is 0.241. The van der Waals surface area contributed by atoms with E-state index in [1.807, 2.05) is 18.2 Å². The van der Waals surface area contributed by atoms with Crippen LogP contribution >= 0.6 is 11.6 Å². The Kier molecular flexibility index (Phi) is 8.62. The number of fused-ring (bicyclic) bond motifs is 1. The third-order valence-corrected chi connectivity index (χ3v) is 6.12. The lowest BCUT2D eigenvalue weighted by Gasteiger charge is -2.27. The van der Waals surface area contributed by atoms with Crippen LogP contribution in [0.5, 0.6) is 28.7 Å². The largest absolute Gasteiger partial charge is 0.493 e. The van der Waals surface area contributed by atoms with E-state index in [0.717, 1.165) is 18.4 Å². The number of ether oxygens (including phenoxy) is 5. The molecule has 0 aromatic heterocycles. The second-order valence-electron chi connectivity index (χ2n) is 8.45. The number of hydrogen-bond donors (Lipinski definition) is 1. The van der Waals surface area contributed by atoms with Crippen molar-refractivity contribution >= 4 is 17.6 Å². The number of nitriles is 1. The number of rotatable bonds is 10. The molecule has 1 unspecified atom stereocenters. The summed E-state index contributed by atoms with van der Waals surface area (Å²) >= 11 is 5.86. The van der Waals surface area contributed by atoms with Crippen molar-refractivity contribution in [3.63, 3.8) is 0 Å². The van der Waals surface area contributed by atoms with Gasteiger partial charge in [-0.25, -0.2) is 4.79 Å². The molecule has 0 bridgehead atoms. The fourth-order valence-electron chi connectivity index (χ4n) is 3.99. The average Bonchev–Trinajstić information content (AvgIpc) is 2.92. The van der Waals surface area contributed by atoms with Crippen molar-refractivity contribution in [2.45, 2.75) is 25.7 Å². The Hall–Kier alpha value is -4.35. The van der Waals surface area contributed by atoms with E-state index in [9.17, 15) is 10.1 Å². The van der Waals surface area contributed by atoms with E-state index in [0.29, 0.717) is 40.2 Å². The van der Waals surface area contributed by atoms with Crippen molar-refractivity contribution in [2.24, 2.45) is 5.73 Å². The van der Waals surface area contributed by atoms with Crippen molar-refractivity contribution in [1.29, 1.82) is 5.26 Å². The molecule has 3 aromatic rings. The van der Waals surface area contributed by atoms with E-state index in [1.54, 1.807) is 49.6 Å². The number of esters is 1. The van der Waals surface area contributed by atoms with Gasteiger partial charge in [-0.3, -0.25) is 0 Å². The first-order valence-corrected chi connectivity index (χ1v) is 12.4. The molecule has 1 aliphatic rings. The van der Waals surface area contributed by atoms with E-state index >= 15 is 0 Å². The van der Waals surface area contributed by atoms with Gasteiger partial charge in [0.2, 0.25) is 5.88 Å². The van der Waals surface area contributed by atoms with Crippen molar-refractivity contribution < 1.29 is 28.5 Å². The molecule has 0 amide bonds. The van der Waals surface area contributed by atoms with E-state index < -0.39 is 11.9 Å². The summed E-state index contributed by atoms with van der Waals surface area (Å²) in [4.78, 5) is 12.3. The highest BCUT2D eigenvalue weighted by Crippen LogP contribution is 2.45. The van der Waals surface area contributed by atoms with E-state index in [4.69, 9.17) is 41.0 Å². The molecule has 0 fully saturated rings. The molecule has 0 radical (unpaired) electrons. The zero-order valence-corrected chi connectivity index (χ0v) is 21.8. The maximum Gasteiger partial charge on any atom is 0.349 e.